The molecule has 0 saturated carbocycles. The van der Waals surface area contributed by atoms with Gasteiger partial charge in [0.15, 0.2) is 5.75 Å². The van der Waals surface area contributed by atoms with Crippen molar-refractivity contribution in [2.75, 3.05) is 7.11 Å². The van der Waals surface area contributed by atoms with E-state index in [1.54, 1.807) is 18.2 Å². The summed E-state index contributed by atoms with van der Waals surface area (Å²) in [6, 6.07) is 6.25. The molecular formula is C12H11BrClNO4S. The fourth-order valence-corrected chi connectivity index (χ4v) is 3.97. The first-order valence-corrected chi connectivity index (χ1v) is 8.14. The fraction of sp³-hybridized carbons (Fsp3) is 0.167. The number of benzene rings is 1. The second-order valence-corrected chi connectivity index (χ2v) is 6.85. The molecule has 0 bridgehead atoms. The SMILES string of the molecule is COc1c(Br)cc(Cl)cc1S(=O)(=O)NCc1ccco1. The Morgan fingerprint density at radius 1 is 1.45 bits per heavy atom. The first kappa shape index (κ1) is 15.4. The largest absolute Gasteiger partial charge is 0.494 e. The van der Waals surface area contributed by atoms with Gasteiger partial charge < -0.3 is 9.15 Å². The van der Waals surface area contributed by atoms with E-state index < -0.39 is 10.0 Å². The van der Waals surface area contributed by atoms with Crippen molar-refractivity contribution >= 4 is 37.6 Å². The molecule has 0 aliphatic heterocycles. The summed E-state index contributed by atoms with van der Waals surface area (Å²) in [6.45, 7) is 0.0443. The van der Waals surface area contributed by atoms with E-state index in [-0.39, 0.29) is 22.2 Å². The predicted molar refractivity (Wildman–Crippen MR) is 78.4 cm³/mol. The molecule has 0 aliphatic rings. The number of furan rings is 1. The van der Waals surface area contributed by atoms with Crippen LogP contribution in [0.4, 0.5) is 0 Å². The molecule has 8 heteroatoms. The summed E-state index contributed by atoms with van der Waals surface area (Å²) in [5, 5.41) is 0.288. The van der Waals surface area contributed by atoms with Gasteiger partial charge in [-0.3, -0.25) is 0 Å². The van der Waals surface area contributed by atoms with E-state index in [9.17, 15) is 8.42 Å². The van der Waals surface area contributed by atoms with E-state index in [2.05, 4.69) is 20.7 Å². The van der Waals surface area contributed by atoms with E-state index in [0.717, 1.165) is 0 Å². The molecule has 2 aromatic rings. The Balaban J connectivity index is 2.33. The lowest BCUT2D eigenvalue weighted by Gasteiger charge is -2.12. The van der Waals surface area contributed by atoms with Gasteiger partial charge in [0.2, 0.25) is 10.0 Å². The van der Waals surface area contributed by atoms with Gasteiger partial charge in [0.1, 0.15) is 10.7 Å². The van der Waals surface area contributed by atoms with Crippen LogP contribution in [0.25, 0.3) is 0 Å². The summed E-state index contributed by atoms with van der Waals surface area (Å²) >= 11 is 9.11. The number of sulfonamides is 1. The van der Waals surface area contributed by atoms with E-state index >= 15 is 0 Å². The second-order valence-electron chi connectivity index (χ2n) is 3.82. The van der Waals surface area contributed by atoms with Crippen molar-refractivity contribution in [2.24, 2.45) is 0 Å². The summed E-state index contributed by atoms with van der Waals surface area (Å²) < 4.78 is 37.7. The fourth-order valence-electron chi connectivity index (χ4n) is 1.59. The molecule has 1 aromatic heterocycles. The van der Waals surface area contributed by atoms with Gasteiger partial charge in [-0.15, -0.1) is 0 Å². The summed E-state index contributed by atoms with van der Waals surface area (Å²) in [5.74, 6) is 0.704. The Bertz CT molecular complexity index is 700. The number of halogens is 2. The van der Waals surface area contributed by atoms with Gasteiger partial charge in [0.05, 0.1) is 24.4 Å². The standard InChI is InChI=1S/C12H11BrClNO4S/c1-18-12-10(13)5-8(14)6-11(12)20(16,17)15-7-9-3-2-4-19-9/h2-6,15H,7H2,1H3. The van der Waals surface area contributed by atoms with Crippen LogP contribution in [0.1, 0.15) is 5.76 Å². The van der Waals surface area contributed by atoms with Crippen molar-refractivity contribution in [1.82, 2.24) is 4.72 Å². The molecule has 108 valence electrons. The van der Waals surface area contributed by atoms with Crippen molar-refractivity contribution in [3.05, 3.63) is 45.8 Å². The Morgan fingerprint density at radius 2 is 2.20 bits per heavy atom. The summed E-state index contributed by atoms with van der Waals surface area (Å²) in [6.07, 6.45) is 1.47. The zero-order valence-corrected chi connectivity index (χ0v) is 13.5. The molecule has 20 heavy (non-hydrogen) atoms. The molecule has 0 spiro atoms. The molecule has 0 radical (unpaired) electrons. The molecular weight excluding hydrogens is 370 g/mol. The van der Waals surface area contributed by atoms with E-state index in [1.807, 2.05) is 0 Å². The molecule has 0 atom stereocenters. The highest BCUT2D eigenvalue weighted by atomic mass is 79.9. The Labute approximate surface area is 130 Å². The minimum atomic E-state index is -3.77. The molecule has 2 rings (SSSR count). The first-order chi connectivity index (χ1) is 9.44. The summed E-state index contributed by atoms with van der Waals surface area (Å²) in [4.78, 5) is -0.0362. The molecule has 0 aliphatic carbocycles. The maximum Gasteiger partial charge on any atom is 0.244 e. The second kappa shape index (κ2) is 6.17. The third kappa shape index (κ3) is 3.35. The van der Waals surface area contributed by atoms with Gasteiger partial charge >= 0.3 is 0 Å². The van der Waals surface area contributed by atoms with Crippen LogP contribution in [-0.2, 0) is 16.6 Å². The molecule has 0 saturated heterocycles. The van der Waals surface area contributed by atoms with Crippen LogP contribution < -0.4 is 9.46 Å². The van der Waals surface area contributed by atoms with Gasteiger partial charge in [0, 0.05) is 5.02 Å². The van der Waals surface area contributed by atoms with Crippen molar-refractivity contribution in [2.45, 2.75) is 11.4 Å². The van der Waals surface area contributed by atoms with E-state index in [1.165, 1.54) is 19.4 Å². The first-order valence-electron chi connectivity index (χ1n) is 5.49. The normalized spacial score (nSPS) is 11.6. The highest BCUT2D eigenvalue weighted by Gasteiger charge is 2.22. The van der Waals surface area contributed by atoms with Crippen molar-refractivity contribution in [1.29, 1.82) is 0 Å². The molecule has 0 amide bonds. The third-order valence-electron chi connectivity index (χ3n) is 2.48. The van der Waals surface area contributed by atoms with Gasteiger partial charge in [-0.25, -0.2) is 13.1 Å². The monoisotopic (exact) mass is 379 g/mol. The van der Waals surface area contributed by atoms with Gasteiger partial charge in [-0.05, 0) is 40.2 Å². The number of hydrogen-bond donors (Lipinski definition) is 1. The predicted octanol–water partition coefficient (Wildman–Crippen LogP) is 3.18. The lowest BCUT2D eigenvalue weighted by atomic mass is 10.3. The van der Waals surface area contributed by atoms with Gasteiger partial charge in [-0.2, -0.15) is 0 Å². The molecule has 0 fully saturated rings. The molecule has 1 aromatic carbocycles. The maximum atomic E-state index is 12.3. The zero-order valence-electron chi connectivity index (χ0n) is 10.4. The average molecular weight is 381 g/mol. The van der Waals surface area contributed by atoms with Crippen LogP contribution >= 0.6 is 27.5 Å². The molecule has 1 heterocycles. The lowest BCUT2D eigenvalue weighted by Crippen LogP contribution is -2.23. The van der Waals surface area contributed by atoms with E-state index in [0.29, 0.717) is 10.2 Å². The quantitative estimate of drug-likeness (QED) is 0.865. The number of methoxy groups -OCH3 is 1. The zero-order chi connectivity index (χ0) is 14.8. The average Bonchev–Trinajstić information content (AvgIpc) is 2.89. The summed E-state index contributed by atoms with van der Waals surface area (Å²) in [5.41, 5.74) is 0. The molecule has 1 N–H and O–H groups in total. The highest BCUT2D eigenvalue weighted by Crippen LogP contribution is 2.35. The van der Waals surface area contributed by atoms with Crippen LogP contribution in [0.15, 0.2) is 44.3 Å². The third-order valence-corrected chi connectivity index (χ3v) is 4.70. The highest BCUT2D eigenvalue weighted by molar-refractivity contribution is 9.10. The van der Waals surface area contributed by atoms with Crippen LogP contribution in [0.5, 0.6) is 5.75 Å². The Morgan fingerprint density at radius 3 is 2.80 bits per heavy atom. The number of hydrogen-bond acceptors (Lipinski definition) is 4. The number of rotatable bonds is 5. The lowest BCUT2D eigenvalue weighted by molar-refractivity contribution is 0.399. The topological polar surface area (TPSA) is 68.5 Å². The smallest absolute Gasteiger partial charge is 0.244 e. The van der Waals surface area contributed by atoms with Gasteiger partial charge in [-0.1, -0.05) is 11.6 Å². The Kier molecular flexibility index (Phi) is 4.74. The maximum absolute atomic E-state index is 12.3. The molecule has 5 nitrogen and oxygen atoms in total. The number of nitrogens with one attached hydrogen (secondary N) is 1. The van der Waals surface area contributed by atoms with Crippen LogP contribution in [0.2, 0.25) is 5.02 Å². The molecule has 0 unspecified atom stereocenters. The van der Waals surface area contributed by atoms with Crippen molar-refractivity contribution < 1.29 is 17.6 Å². The number of ether oxygens (including phenoxy) is 1. The van der Waals surface area contributed by atoms with E-state index in [4.69, 9.17) is 20.8 Å². The van der Waals surface area contributed by atoms with Crippen molar-refractivity contribution in [3.63, 3.8) is 0 Å². The van der Waals surface area contributed by atoms with Crippen molar-refractivity contribution in [3.8, 4) is 5.75 Å². The van der Waals surface area contributed by atoms with Gasteiger partial charge in [0.25, 0.3) is 0 Å². The minimum absolute atomic E-state index is 0.0362. The van der Waals surface area contributed by atoms with Crippen LogP contribution in [-0.4, -0.2) is 15.5 Å². The van der Waals surface area contributed by atoms with Crippen LogP contribution in [0.3, 0.4) is 0 Å². The minimum Gasteiger partial charge on any atom is -0.494 e. The summed E-state index contributed by atoms with van der Waals surface area (Å²) in [7, 11) is -2.39. The Hall–Kier alpha value is -1.02. The van der Waals surface area contributed by atoms with Crippen LogP contribution in [0, 0.1) is 0 Å².